The summed E-state index contributed by atoms with van der Waals surface area (Å²) in [5.41, 5.74) is 1.72. The molecule has 0 amide bonds. The maximum atomic E-state index is 12.5. The Balaban J connectivity index is 1.81. The van der Waals surface area contributed by atoms with Crippen molar-refractivity contribution < 1.29 is 19.8 Å². The smallest absolute Gasteiger partial charge is 0.307 e. The van der Waals surface area contributed by atoms with Crippen molar-refractivity contribution in [2.24, 2.45) is 11.8 Å². The number of hydrogen-bond acceptors (Lipinski definition) is 3. The van der Waals surface area contributed by atoms with Gasteiger partial charge in [-0.25, -0.2) is 0 Å². The van der Waals surface area contributed by atoms with Gasteiger partial charge in [0.1, 0.15) is 5.78 Å². The van der Waals surface area contributed by atoms with Crippen LogP contribution in [0.25, 0.3) is 0 Å². The van der Waals surface area contributed by atoms with E-state index in [0.29, 0.717) is 12.8 Å². The molecule has 0 aliphatic heterocycles. The molecule has 0 bridgehead atoms. The highest BCUT2D eigenvalue weighted by atomic mass is 16.4. The summed E-state index contributed by atoms with van der Waals surface area (Å²) >= 11 is 0. The molecule has 0 saturated carbocycles. The lowest BCUT2D eigenvalue weighted by molar-refractivity contribution is -0.143. The number of carboxylic acid groups (broad SMARTS) is 1. The van der Waals surface area contributed by atoms with Crippen LogP contribution in [0.15, 0.2) is 60.7 Å². The standard InChI is InChI=1S/C31H44O4/c1-24(23-32)30(3,26-15-7-5-8-16-26)21-13-11-19-28(33)20-12-14-22-31(4,25(2)29(34)35)27-17-9-6-10-18-27/h5-10,15-18,24-25,32H,11-14,19-23H2,1-4H3,(H,34,35). The highest BCUT2D eigenvalue weighted by Gasteiger charge is 2.37. The van der Waals surface area contributed by atoms with Gasteiger partial charge in [-0.1, -0.05) is 101 Å². The quantitative estimate of drug-likeness (QED) is 0.255. The first kappa shape index (κ1) is 28.8. The molecule has 2 N–H and O–H groups in total. The first-order valence-corrected chi connectivity index (χ1v) is 13.1. The molecule has 0 spiro atoms. The van der Waals surface area contributed by atoms with Crippen molar-refractivity contribution in [1.29, 1.82) is 0 Å². The SMILES string of the molecule is CC(CO)C(C)(CCCCC(=O)CCCCC(C)(c1ccccc1)C(C)C(=O)O)c1ccccc1. The monoisotopic (exact) mass is 480 g/mol. The number of hydrogen-bond donors (Lipinski definition) is 2. The van der Waals surface area contributed by atoms with Gasteiger partial charge in [-0.05, 0) is 48.1 Å². The van der Waals surface area contributed by atoms with E-state index in [4.69, 9.17) is 0 Å². The molecule has 0 aromatic heterocycles. The lowest BCUT2D eigenvalue weighted by atomic mass is 9.69. The molecule has 0 fully saturated rings. The van der Waals surface area contributed by atoms with Gasteiger partial charge in [0, 0.05) is 24.9 Å². The number of rotatable bonds is 16. The van der Waals surface area contributed by atoms with Crippen LogP contribution in [0.4, 0.5) is 0 Å². The van der Waals surface area contributed by atoms with Gasteiger partial charge in [0.15, 0.2) is 0 Å². The summed E-state index contributed by atoms with van der Waals surface area (Å²) in [6.07, 6.45) is 6.24. The topological polar surface area (TPSA) is 74.6 Å². The van der Waals surface area contributed by atoms with E-state index in [9.17, 15) is 19.8 Å². The van der Waals surface area contributed by atoms with Crippen molar-refractivity contribution in [2.75, 3.05) is 6.61 Å². The zero-order valence-electron chi connectivity index (χ0n) is 22.0. The summed E-state index contributed by atoms with van der Waals surface area (Å²) < 4.78 is 0. The van der Waals surface area contributed by atoms with E-state index in [1.54, 1.807) is 6.92 Å². The van der Waals surface area contributed by atoms with Crippen LogP contribution in [0.5, 0.6) is 0 Å². The molecular formula is C31H44O4. The number of carbonyl (C=O) groups is 2. The van der Waals surface area contributed by atoms with Crippen molar-refractivity contribution in [3.05, 3.63) is 71.8 Å². The van der Waals surface area contributed by atoms with Crippen LogP contribution in [0.2, 0.25) is 0 Å². The first-order chi connectivity index (χ1) is 16.6. The molecule has 4 heteroatoms. The summed E-state index contributed by atoms with van der Waals surface area (Å²) in [6.45, 7) is 8.26. The van der Waals surface area contributed by atoms with Crippen LogP contribution < -0.4 is 0 Å². The zero-order chi connectivity index (χ0) is 25.9. The molecular weight excluding hydrogens is 436 g/mol. The molecule has 35 heavy (non-hydrogen) atoms. The van der Waals surface area contributed by atoms with Gasteiger partial charge in [-0.15, -0.1) is 0 Å². The largest absolute Gasteiger partial charge is 0.481 e. The minimum absolute atomic E-state index is 0.109. The number of ketones is 1. The van der Waals surface area contributed by atoms with Gasteiger partial charge >= 0.3 is 5.97 Å². The van der Waals surface area contributed by atoms with Gasteiger partial charge in [0.05, 0.1) is 5.92 Å². The molecule has 2 rings (SSSR count). The normalized spacial score (nSPS) is 16.6. The van der Waals surface area contributed by atoms with Crippen molar-refractivity contribution in [3.63, 3.8) is 0 Å². The van der Waals surface area contributed by atoms with E-state index in [1.807, 2.05) is 55.5 Å². The Morgan fingerprint density at radius 1 is 0.743 bits per heavy atom. The van der Waals surface area contributed by atoms with Crippen LogP contribution in [0, 0.1) is 11.8 Å². The van der Waals surface area contributed by atoms with Gasteiger partial charge in [0.2, 0.25) is 0 Å². The number of unbranched alkanes of at least 4 members (excludes halogenated alkanes) is 2. The van der Waals surface area contributed by atoms with Crippen LogP contribution in [-0.2, 0) is 20.4 Å². The fraction of sp³-hybridized carbons (Fsp3) is 0.548. The Hall–Kier alpha value is -2.46. The van der Waals surface area contributed by atoms with Gasteiger partial charge < -0.3 is 10.2 Å². The number of benzene rings is 2. The van der Waals surface area contributed by atoms with Crippen LogP contribution in [0.1, 0.15) is 90.2 Å². The molecule has 0 heterocycles. The molecule has 0 aliphatic carbocycles. The molecule has 192 valence electrons. The summed E-state index contributed by atoms with van der Waals surface area (Å²) in [5, 5.41) is 19.5. The molecule has 0 radical (unpaired) electrons. The molecule has 4 atom stereocenters. The number of carboxylic acids is 1. The average Bonchev–Trinajstić information content (AvgIpc) is 2.88. The molecule has 4 unspecified atom stereocenters. The number of carbonyl (C=O) groups excluding carboxylic acids is 1. The third-order valence-corrected chi connectivity index (χ3v) is 8.36. The lowest BCUT2D eigenvalue weighted by Gasteiger charge is -2.36. The summed E-state index contributed by atoms with van der Waals surface area (Å²) in [6, 6.07) is 20.2. The fourth-order valence-corrected chi connectivity index (χ4v) is 5.15. The van der Waals surface area contributed by atoms with E-state index in [2.05, 4.69) is 26.0 Å². The van der Waals surface area contributed by atoms with Crippen LogP contribution >= 0.6 is 0 Å². The highest BCUT2D eigenvalue weighted by Crippen LogP contribution is 2.38. The van der Waals surface area contributed by atoms with E-state index in [-0.39, 0.29) is 23.7 Å². The first-order valence-electron chi connectivity index (χ1n) is 13.1. The van der Waals surface area contributed by atoms with Crippen LogP contribution in [0.3, 0.4) is 0 Å². The molecule has 0 aliphatic rings. The summed E-state index contributed by atoms with van der Waals surface area (Å²) in [5.74, 6) is -0.853. The van der Waals surface area contributed by atoms with Gasteiger partial charge in [0.25, 0.3) is 0 Å². The predicted octanol–water partition coefficient (Wildman–Crippen LogP) is 6.94. The van der Waals surface area contributed by atoms with Crippen molar-refractivity contribution in [1.82, 2.24) is 0 Å². The summed E-state index contributed by atoms with van der Waals surface area (Å²) in [4.78, 5) is 24.3. The predicted molar refractivity (Wildman–Crippen MR) is 143 cm³/mol. The fourth-order valence-electron chi connectivity index (χ4n) is 5.15. The second-order valence-electron chi connectivity index (χ2n) is 10.7. The number of aliphatic hydroxyl groups is 1. The second-order valence-corrected chi connectivity index (χ2v) is 10.7. The van der Waals surface area contributed by atoms with Gasteiger partial charge in [-0.3, -0.25) is 9.59 Å². The number of aliphatic carboxylic acids is 1. The summed E-state index contributed by atoms with van der Waals surface area (Å²) in [7, 11) is 0. The molecule has 0 saturated heterocycles. The van der Waals surface area contributed by atoms with Crippen LogP contribution in [-0.4, -0.2) is 28.6 Å². The number of aliphatic hydroxyl groups excluding tert-OH is 1. The van der Waals surface area contributed by atoms with Crippen molar-refractivity contribution in [3.8, 4) is 0 Å². The highest BCUT2D eigenvalue weighted by molar-refractivity contribution is 5.78. The Bertz CT molecular complexity index is 910. The Morgan fingerprint density at radius 3 is 1.60 bits per heavy atom. The second kappa shape index (κ2) is 13.6. The Kier molecular flexibility index (Phi) is 11.2. The average molecular weight is 481 g/mol. The molecule has 2 aromatic carbocycles. The van der Waals surface area contributed by atoms with E-state index in [1.165, 1.54) is 5.56 Å². The van der Waals surface area contributed by atoms with E-state index in [0.717, 1.165) is 44.1 Å². The van der Waals surface area contributed by atoms with Gasteiger partial charge in [-0.2, -0.15) is 0 Å². The minimum atomic E-state index is -0.787. The third kappa shape index (κ3) is 7.76. The zero-order valence-corrected chi connectivity index (χ0v) is 22.0. The van der Waals surface area contributed by atoms with E-state index < -0.39 is 17.3 Å². The van der Waals surface area contributed by atoms with Crippen molar-refractivity contribution in [2.45, 2.75) is 89.9 Å². The Morgan fingerprint density at radius 2 is 1.17 bits per heavy atom. The van der Waals surface area contributed by atoms with Crippen molar-refractivity contribution >= 4 is 11.8 Å². The van der Waals surface area contributed by atoms with E-state index >= 15 is 0 Å². The lowest BCUT2D eigenvalue weighted by Crippen LogP contribution is -2.35. The Labute approximate surface area is 211 Å². The number of Topliss-reactive ketones (excluding diaryl/α,β-unsaturated/α-hetero) is 1. The molecule has 4 nitrogen and oxygen atoms in total. The third-order valence-electron chi connectivity index (χ3n) is 8.36. The minimum Gasteiger partial charge on any atom is -0.481 e. The molecule has 2 aromatic rings. The maximum Gasteiger partial charge on any atom is 0.307 e. The maximum absolute atomic E-state index is 12.5.